The van der Waals surface area contributed by atoms with Crippen molar-refractivity contribution in [3.05, 3.63) is 64.1 Å². The minimum Gasteiger partial charge on any atom is -0.456 e. The van der Waals surface area contributed by atoms with Crippen molar-refractivity contribution in [3.8, 4) is 0 Å². The Bertz CT molecular complexity index is 948. The summed E-state index contributed by atoms with van der Waals surface area (Å²) in [5, 5.41) is 2.93. The molecule has 0 unspecified atom stereocenters. The maximum atomic E-state index is 12.3. The molecule has 0 aromatic heterocycles. The molecule has 0 bridgehead atoms. The lowest BCUT2D eigenvalue weighted by Gasteiger charge is -2.14. The molecule has 28 heavy (non-hydrogen) atoms. The van der Waals surface area contributed by atoms with Gasteiger partial charge in [0.05, 0.1) is 28.1 Å². The maximum Gasteiger partial charge on any atom is 0.307 e. The molecule has 9 heteroatoms. The monoisotopic (exact) mass is 443 g/mol. The van der Waals surface area contributed by atoms with Crippen molar-refractivity contribution < 1.29 is 22.7 Å². The third-order valence-corrected chi connectivity index (χ3v) is 6.27. The Morgan fingerprint density at radius 3 is 2.46 bits per heavy atom. The minimum atomic E-state index is -3.82. The van der Waals surface area contributed by atoms with Gasteiger partial charge < -0.3 is 10.1 Å². The lowest BCUT2D eigenvalue weighted by atomic mass is 10.1. The van der Waals surface area contributed by atoms with Crippen molar-refractivity contribution in [2.75, 3.05) is 12.4 Å². The Labute approximate surface area is 173 Å². The number of rotatable bonds is 8. The van der Waals surface area contributed by atoms with Crippen molar-refractivity contribution in [1.82, 2.24) is 5.32 Å². The SMILES string of the molecule is C[C@@H](NC(=O)COC(=O)CCS(=O)(=O)c1cc(Cl)ccc1Cl)c1ccccc1. The predicted molar refractivity (Wildman–Crippen MR) is 107 cm³/mol. The number of ether oxygens (including phenoxy) is 1. The van der Waals surface area contributed by atoms with E-state index in [2.05, 4.69) is 5.32 Å². The zero-order valence-corrected chi connectivity index (χ0v) is 17.4. The molecule has 2 aromatic carbocycles. The second kappa shape index (κ2) is 9.91. The topological polar surface area (TPSA) is 89.5 Å². The standard InChI is InChI=1S/C19H19Cl2NO5S/c1-13(14-5-3-2-4-6-14)22-18(23)12-27-19(24)9-10-28(25,26)17-11-15(20)7-8-16(17)21/h2-8,11,13H,9-10,12H2,1H3,(H,22,23)/t13-/m1/s1. The van der Waals surface area contributed by atoms with E-state index in [1.54, 1.807) is 6.92 Å². The van der Waals surface area contributed by atoms with Gasteiger partial charge in [0.1, 0.15) is 0 Å². The van der Waals surface area contributed by atoms with E-state index in [0.29, 0.717) is 0 Å². The lowest BCUT2D eigenvalue weighted by Crippen LogP contribution is -2.31. The molecule has 0 aliphatic carbocycles. The third kappa shape index (κ3) is 6.51. The molecule has 150 valence electrons. The summed E-state index contributed by atoms with van der Waals surface area (Å²) in [6, 6.07) is 13.1. The highest BCUT2D eigenvalue weighted by Gasteiger charge is 2.21. The number of nitrogens with one attached hydrogen (secondary N) is 1. The number of sulfone groups is 1. The van der Waals surface area contributed by atoms with Gasteiger partial charge in [-0.05, 0) is 30.7 Å². The molecule has 0 heterocycles. The second-order valence-corrected chi connectivity index (χ2v) is 8.93. The fraction of sp³-hybridized carbons (Fsp3) is 0.263. The molecular formula is C19H19Cl2NO5S. The van der Waals surface area contributed by atoms with Crippen molar-refractivity contribution >= 4 is 44.9 Å². The molecule has 0 radical (unpaired) electrons. The Morgan fingerprint density at radius 2 is 1.79 bits per heavy atom. The van der Waals surface area contributed by atoms with E-state index >= 15 is 0 Å². The van der Waals surface area contributed by atoms with Gasteiger partial charge in [0, 0.05) is 5.02 Å². The van der Waals surface area contributed by atoms with E-state index in [0.717, 1.165) is 5.56 Å². The van der Waals surface area contributed by atoms with Crippen molar-refractivity contribution in [1.29, 1.82) is 0 Å². The van der Waals surface area contributed by atoms with Crippen molar-refractivity contribution in [3.63, 3.8) is 0 Å². The molecule has 0 fully saturated rings. The van der Waals surface area contributed by atoms with Crippen molar-refractivity contribution in [2.24, 2.45) is 0 Å². The van der Waals surface area contributed by atoms with Gasteiger partial charge in [0.2, 0.25) is 0 Å². The van der Waals surface area contributed by atoms with Crippen LogP contribution in [0.15, 0.2) is 53.4 Å². The van der Waals surface area contributed by atoms with Crippen LogP contribution < -0.4 is 5.32 Å². The lowest BCUT2D eigenvalue weighted by molar-refractivity contribution is -0.148. The average molecular weight is 444 g/mol. The highest BCUT2D eigenvalue weighted by atomic mass is 35.5. The minimum absolute atomic E-state index is 0.0204. The first-order chi connectivity index (χ1) is 13.2. The van der Waals surface area contributed by atoms with Gasteiger partial charge in [0.15, 0.2) is 16.4 Å². The smallest absolute Gasteiger partial charge is 0.307 e. The van der Waals surface area contributed by atoms with E-state index in [9.17, 15) is 18.0 Å². The van der Waals surface area contributed by atoms with Gasteiger partial charge in [-0.1, -0.05) is 53.5 Å². The number of benzene rings is 2. The molecule has 0 saturated carbocycles. The van der Waals surface area contributed by atoms with E-state index in [1.165, 1.54) is 18.2 Å². The summed E-state index contributed by atoms with van der Waals surface area (Å²) >= 11 is 11.7. The molecule has 1 amide bonds. The summed E-state index contributed by atoms with van der Waals surface area (Å²) in [4.78, 5) is 23.6. The summed E-state index contributed by atoms with van der Waals surface area (Å²) in [5.41, 5.74) is 0.909. The highest BCUT2D eigenvalue weighted by molar-refractivity contribution is 7.91. The van der Waals surface area contributed by atoms with Crippen LogP contribution >= 0.6 is 23.2 Å². The number of amides is 1. The van der Waals surface area contributed by atoms with Crippen LogP contribution in [-0.4, -0.2) is 32.7 Å². The van der Waals surface area contributed by atoms with Crippen LogP contribution in [0, 0.1) is 0 Å². The first-order valence-electron chi connectivity index (χ1n) is 8.37. The maximum absolute atomic E-state index is 12.3. The molecule has 0 aliphatic heterocycles. The fourth-order valence-electron chi connectivity index (χ4n) is 2.37. The normalized spacial score (nSPS) is 12.2. The molecule has 2 rings (SSSR count). The molecule has 0 spiro atoms. The van der Waals surface area contributed by atoms with Gasteiger partial charge in [-0.25, -0.2) is 8.42 Å². The Kier molecular flexibility index (Phi) is 7.86. The van der Waals surface area contributed by atoms with E-state index < -0.39 is 40.5 Å². The molecule has 1 atom stereocenters. The molecule has 0 aliphatic rings. The Morgan fingerprint density at radius 1 is 1.11 bits per heavy atom. The van der Waals surface area contributed by atoms with E-state index in [-0.39, 0.29) is 21.0 Å². The summed E-state index contributed by atoms with van der Waals surface area (Å²) in [7, 11) is -3.82. The molecule has 6 nitrogen and oxygen atoms in total. The van der Waals surface area contributed by atoms with Gasteiger partial charge >= 0.3 is 5.97 Å². The average Bonchev–Trinajstić information content (AvgIpc) is 2.67. The molecule has 2 aromatic rings. The van der Waals surface area contributed by atoms with Crippen LogP contribution in [0.2, 0.25) is 10.0 Å². The van der Waals surface area contributed by atoms with Crippen molar-refractivity contribution in [2.45, 2.75) is 24.3 Å². The van der Waals surface area contributed by atoms with Gasteiger partial charge in [-0.2, -0.15) is 0 Å². The zero-order chi connectivity index (χ0) is 20.7. The first-order valence-corrected chi connectivity index (χ1v) is 10.8. The third-order valence-electron chi connectivity index (χ3n) is 3.84. The highest BCUT2D eigenvalue weighted by Crippen LogP contribution is 2.26. The van der Waals surface area contributed by atoms with Crippen LogP contribution in [-0.2, 0) is 24.2 Å². The van der Waals surface area contributed by atoms with Crippen LogP contribution in [0.1, 0.15) is 24.9 Å². The number of esters is 1. The van der Waals surface area contributed by atoms with E-state index in [1.807, 2.05) is 30.3 Å². The summed E-state index contributed by atoms with van der Waals surface area (Å²) in [5.74, 6) is -1.79. The summed E-state index contributed by atoms with van der Waals surface area (Å²) in [6.07, 6.45) is -0.410. The molecule has 0 saturated heterocycles. The Balaban J connectivity index is 1.82. The second-order valence-electron chi connectivity index (χ2n) is 6.00. The zero-order valence-electron chi connectivity index (χ0n) is 15.0. The van der Waals surface area contributed by atoms with Crippen LogP contribution in [0.5, 0.6) is 0 Å². The van der Waals surface area contributed by atoms with Crippen LogP contribution in [0.25, 0.3) is 0 Å². The molecule has 1 N–H and O–H groups in total. The van der Waals surface area contributed by atoms with Crippen LogP contribution in [0.4, 0.5) is 0 Å². The van der Waals surface area contributed by atoms with Gasteiger partial charge in [0.25, 0.3) is 5.91 Å². The number of halogens is 2. The van der Waals surface area contributed by atoms with E-state index in [4.69, 9.17) is 27.9 Å². The summed E-state index contributed by atoms with van der Waals surface area (Å²) in [6.45, 7) is 1.31. The van der Waals surface area contributed by atoms with Crippen LogP contribution in [0.3, 0.4) is 0 Å². The molecular weight excluding hydrogens is 425 g/mol. The van der Waals surface area contributed by atoms with Gasteiger partial charge in [-0.15, -0.1) is 0 Å². The summed E-state index contributed by atoms with van der Waals surface area (Å²) < 4.78 is 29.5. The predicted octanol–water partition coefficient (Wildman–Crippen LogP) is 3.58. The largest absolute Gasteiger partial charge is 0.456 e. The first kappa shape index (κ1) is 22.2. The number of carbonyl (C=O) groups is 2. The number of carbonyl (C=O) groups excluding carboxylic acids is 2. The number of hydrogen-bond donors (Lipinski definition) is 1. The van der Waals surface area contributed by atoms with Gasteiger partial charge in [-0.3, -0.25) is 9.59 Å². The number of hydrogen-bond acceptors (Lipinski definition) is 5. The Hall–Kier alpha value is -2.09. The fourth-order valence-corrected chi connectivity index (χ4v) is 4.40. The quantitative estimate of drug-likeness (QED) is 0.629.